The number of hydrogen-bond acceptors (Lipinski definition) is 3. The quantitative estimate of drug-likeness (QED) is 0.798. The third-order valence-electron chi connectivity index (χ3n) is 4.10. The van der Waals surface area contributed by atoms with Crippen LogP contribution in [0, 0.1) is 0 Å². The lowest BCUT2D eigenvalue weighted by atomic mass is 10.1. The van der Waals surface area contributed by atoms with Gasteiger partial charge in [-0.15, -0.1) is 0 Å². The fourth-order valence-electron chi connectivity index (χ4n) is 2.88. The number of carbonyl (C=O) groups excluding carboxylic acids is 1. The lowest BCUT2D eigenvalue weighted by Gasteiger charge is -2.24. The Morgan fingerprint density at radius 1 is 1.35 bits per heavy atom. The van der Waals surface area contributed by atoms with Crippen molar-refractivity contribution in [2.75, 3.05) is 6.61 Å². The average molecular weight is 313 g/mol. The molecule has 122 valence electrons. The largest absolute Gasteiger partial charge is 0.377 e. The van der Waals surface area contributed by atoms with Gasteiger partial charge in [0.1, 0.15) is 5.82 Å². The minimum atomic E-state index is 0.113. The maximum absolute atomic E-state index is 12.0. The molecule has 1 N–H and O–H groups in total. The number of ether oxygens (including phenoxy) is 1. The smallest absolute Gasteiger partial charge is 0.220 e. The molecule has 0 aliphatic carbocycles. The van der Waals surface area contributed by atoms with Gasteiger partial charge in [0, 0.05) is 44.4 Å². The molecule has 5 heteroatoms. The van der Waals surface area contributed by atoms with E-state index in [0.717, 1.165) is 37.2 Å². The van der Waals surface area contributed by atoms with Gasteiger partial charge >= 0.3 is 0 Å². The van der Waals surface area contributed by atoms with Gasteiger partial charge in [-0.1, -0.05) is 30.3 Å². The Morgan fingerprint density at radius 2 is 2.22 bits per heavy atom. The third-order valence-corrected chi connectivity index (χ3v) is 4.10. The van der Waals surface area contributed by atoms with Crippen molar-refractivity contribution in [3.05, 3.63) is 54.1 Å². The molecule has 23 heavy (non-hydrogen) atoms. The molecule has 1 atom stereocenters. The fraction of sp³-hybridized carbons (Fsp3) is 0.444. The van der Waals surface area contributed by atoms with Crippen molar-refractivity contribution in [1.29, 1.82) is 0 Å². The molecule has 2 heterocycles. The Labute approximate surface area is 136 Å². The van der Waals surface area contributed by atoms with E-state index in [1.54, 1.807) is 0 Å². The lowest BCUT2D eigenvalue weighted by molar-refractivity contribution is -0.122. The van der Waals surface area contributed by atoms with Crippen LogP contribution < -0.4 is 5.32 Å². The molecule has 0 fully saturated rings. The molecule has 2 aromatic rings. The van der Waals surface area contributed by atoms with E-state index in [9.17, 15) is 4.79 Å². The summed E-state index contributed by atoms with van der Waals surface area (Å²) in [5.41, 5.74) is 1.16. The number of benzene rings is 1. The van der Waals surface area contributed by atoms with Gasteiger partial charge in [-0.25, -0.2) is 4.98 Å². The molecule has 0 saturated heterocycles. The van der Waals surface area contributed by atoms with Crippen LogP contribution in [0.1, 0.15) is 30.7 Å². The van der Waals surface area contributed by atoms with Crippen LogP contribution in [-0.4, -0.2) is 28.1 Å². The summed E-state index contributed by atoms with van der Waals surface area (Å²) in [6, 6.07) is 10.3. The first kappa shape index (κ1) is 15.7. The van der Waals surface area contributed by atoms with Crippen LogP contribution in [-0.2, 0) is 29.1 Å². The van der Waals surface area contributed by atoms with Crippen LogP contribution >= 0.6 is 0 Å². The summed E-state index contributed by atoms with van der Waals surface area (Å²) in [7, 11) is 0. The number of rotatable bonds is 7. The predicted octanol–water partition coefficient (Wildman–Crippen LogP) is 2.31. The van der Waals surface area contributed by atoms with E-state index < -0.39 is 0 Å². The maximum Gasteiger partial charge on any atom is 0.220 e. The Balaban J connectivity index is 1.30. The number of carbonyl (C=O) groups is 1. The molecule has 1 aromatic heterocycles. The Morgan fingerprint density at radius 3 is 3.09 bits per heavy atom. The Hall–Kier alpha value is -2.14. The maximum atomic E-state index is 12.0. The molecule has 1 aliphatic heterocycles. The van der Waals surface area contributed by atoms with Crippen molar-refractivity contribution in [2.24, 2.45) is 0 Å². The Bertz CT molecular complexity index is 624. The lowest BCUT2D eigenvalue weighted by Crippen LogP contribution is -2.40. The van der Waals surface area contributed by atoms with E-state index in [1.165, 1.54) is 0 Å². The SMILES string of the molecule is O=C(CCCOCc1ccccc1)NC1CCc2nccn2C1. The van der Waals surface area contributed by atoms with Gasteiger partial charge in [-0.05, 0) is 18.4 Å². The van der Waals surface area contributed by atoms with E-state index in [1.807, 2.05) is 42.7 Å². The summed E-state index contributed by atoms with van der Waals surface area (Å²) in [4.78, 5) is 16.3. The monoisotopic (exact) mass is 313 g/mol. The Kier molecular flexibility index (Phi) is 5.42. The molecule has 0 bridgehead atoms. The summed E-state index contributed by atoms with van der Waals surface area (Å²) >= 11 is 0. The molecule has 0 radical (unpaired) electrons. The van der Waals surface area contributed by atoms with Gasteiger partial charge in [-0.3, -0.25) is 4.79 Å². The number of amides is 1. The van der Waals surface area contributed by atoms with Crippen LogP contribution in [0.3, 0.4) is 0 Å². The molecule has 1 aromatic carbocycles. The number of nitrogens with one attached hydrogen (secondary N) is 1. The average Bonchev–Trinajstić information content (AvgIpc) is 3.03. The fourth-order valence-corrected chi connectivity index (χ4v) is 2.88. The van der Waals surface area contributed by atoms with Crippen molar-refractivity contribution in [3.8, 4) is 0 Å². The van der Waals surface area contributed by atoms with Gasteiger partial charge in [0.25, 0.3) is 0 Å². The van der Waals surface area contributed by atoms with E-state index in [4.69, 9.17) is 4.74 Å². The first-order chi connectivity index (χ1) is 11.3. The van der Waals surface area contributed by atoms with Crippen LogP contribution in [0.2, 0.25) is 0 Å². The van der Waals surface area contributed by atoms with Crippen molar-refractivity contribution >= 4 is 5.91 Å². The number of nitrogens with zero attached hydrogens (tertiary/aromatic N) is 2. The number of aryl methyl sites for hydroxylation is 1. The van der Waals surface area contributed by atoms with Gasteiger partial charge < -0.3 is 14.6 Å². The summed E-state index contributed by atoms with van der Waals surface area (Å²) in [6.07, 6.45) is 6.96. The zero-order valence-electron chi connectivity index (χ0n) is 13.3. The molecular formula is C18H23N3O2. The second kappa shape index (κ2) is 7.92. The van der Waals surface area contributed by atoms with Crippen molar-refractivity contribution in [2.45, 2.75) is 44.9 Å². The molecular weight excluding hydrogens is 290 g/mol. The van der Waals surface area contributed by atoms with Gasteiger partial charge in [0.05, 0.1) is 6.61 Å². The standard InChI is InChI=1S/C18H23N3O2/c22-18(7-4-12-23-14-15-5-2-1-3-6-15)20-16-8-9-17-19-10-11-21(17)13-16/h1-3,5-6,10-11,16H,4,7-9,12-14H2,(H,20,22). The molecule has 0 spiro atoms. The minimum Gasteiger partial charge on any atom is -0.377 e. The van der Waals surface area contributed by atoms with E-state index in [2.05, 4.69) is 14.9 Å². The predicted molar refractivity (Wildman–Crippen MR) is 87.8 cm³/mol. The molecule has 3 rings (SSSR count). The molecule has 1 amide bonds. The van der Waals surface area contributed by atoms with Crippen LogP contribution in [0.4, 0.5) is 0 Å². The second-order valence-corrected chi connectivity index (χ2v) is 5.94. The first-order valence-corrected chi connectivity index (χ1v) is 8.22. The minimum absolute atomic E-state index is 0.113. The van der Waals surface area contributed by atoms with Crippen LogP contribution in [0.15, 0.2) is 42.7 Å². The number of hydrogen-bond donors (Lipinski definition) is 1. The first-order valence-electron chi connectivity index (χ1n) is 8.22. The van der Waals surface area contributed by atoms with E-state index in [-0.39, 0.29) is 11.9 Å². The zero-order valence-corrected chi connectivity index (χ0v) is 13.3. The summed E-state index contributed by atoms with van der Waals surface area (Å²) in [6.45, 7) is 2.04. The molecule has 1 aliphatic rings. The van der Waals surface area contributed by atoms with E-state index >= 15 is 0 Å². The van der Waals surface area contributed by atoms with Crippen LogP contribution in [0.25, 0.3) is 0 Å². The van der Waals surface area contributed by atoms with Crippen molar-refractivity contribution in [3.63, 3.8) is 0 Å². The highest BCUT2D eigenvalue weighted by atomic mass is 16.5. The highest BCUT2D eigenvalue weighted by molar-refractivity contribution is 5.76. The number of imidazole rings is 1. The highest BCUT2D eigenvalue weighted by Crippen LogP contribution is 2.13. The van der Waals surface area contributed by atoms with Gasteiger partial charge in [-0.2, -0.15) is 0 Å². The van der Waals surface area contributed by atoms with Gasteiger partial charge in [0.2, 0.25) is 5.91 Å². The molecule has 1 unspecified atom stereocenters. The summed E-state index contributed by atoms with van der Waals surface area (Å²) in [5, 5.41) is 3.12. The number of fused-ring (bicyclic) bond motifs is 1. The topological polar surface area (TPSA) is 56.1 Å². The molecule has 0 saturated carbocycles. The number of aromatic nitrogens is 2. The highest BCUT2D eigenvalue weighted by Gasteiger charge is 2.19. The van der Waals surface area contributed by atoms with Crippen LogP contribution in [0.5, 0.6) is 0 Å². The summed E-state index contributed by atoms with van der Waals surface area (Å²) in [5.74, 6) is 1.23. The van der Waals surface area contributed by atoms with E-state index in [0.29, 0.717) is 19.6 Å². The molecule has 5 nitrogen and oxygen atoms in total. The zero-order chi connectivity index (χ0) is 15.9. The third kappa shape index (κ3) is 4.66. The normalized spacial score (nSPS) is 16.8. The second-order valence-electron chi connectivity index (χ2n) is 5.94. The van der Waals surface area contributed by atoms with Gasteiger partial charge in [0.15, 0.2) is 0 Å². The summed E-state index contributed by atoms with van der Waals surface area (Å²) < 4.78 is 7.73. The van der Waals surface area contributed by atoms with Crippen molar-refractivity contribution < 1.29 is 9.53 Å². The van der Waals surface area contributed by atoms with Crippen molar-refractivity contribution in [1.82, 2.24) is 14.9 Å².